The van der Waals surface area contributed by atoms with E-state index in [1.165, 1.54) is 12.0 Å². The fourth-order valence-electron chi connectivity index (χ4n) is 10.0. The lowest BCUT2D eigenvalue weighted by Gasteiger charge is -2.55. The van der Waals surface area contributed by atoms with Crippen LogP contribution in [0.25, 0.3) is 0 Å². The third-order valence-corrected chi connectivity index (χ3v) is 11.8. The average Bonchev–Trinajstić information content (AvgIpc) is 3.31. The minimum absolute atomic E-state index is 0.00647. The van der Waals surface area contributed by atoms with Crippen LogP contribution in [0.3, 0.4) is 0 Å². The minimum Gasteiger partial charge on any atom is -0.504 e. The van der Waals surface area contributed by atoms with Gasteiger partial charge in [-0.2, -0.15) is 0 Å². The summed E-state index contributed by atoms with van der Waals surface area (Å²) in [6, 6.07) is 0. The van der Waals surface area contributed by atoms with Crippen LogP contribution in [0.4, 0.5) is 0 Å². The number of fused-ring (bicyclic) bond motifs is 5. The number of hydrogen-bond acceptors (Lipinski definition) is 3. The standard InChI is InChI=1S/C30H42O3/c1-15(2)20-22-21-17(26(33)30(22)12-11-29(16(3)4)14-19(29)30)13-18-27(5,6)9-8-10-28(18,7)23(21)25(32)24(20)31/h15-16,18-19,26,32-33H,8-14H2,1-7H3. The van der Waals surface area contributed by atoms with Crippen molar-refractivity contribution in [3.05, 3.63) is 33.6 Å². The molecule has 0 aromatic carbocycles. The summed E-state index contributed by atoms with van der Waals surface area (Å²) < 4.78 is 0. The van der Waals surface area contributed by atoms with Gasteiger partial charge in [0.15, 0.2) is 5.76 Å². The molecule has 6 unspecified atom stereocenters. The lowest BCUT2D eigenvalue weighted by atomic mass is 9.48. The Hall–Kier alpha value is -1.35. The highest BCUT2D eigenvalue weighted by Crippen LogP contribution is 2.81. The molecule has 180 valence electrons. The molecule has 6 aliphatic rings. The minimum atomic E-state index is -0.514. The van der Waals surface area contributed by atoms with Gasteiger partial charge < -0.3 is 10.2 Å². The highest BCUT2D eigenvalue weighted by atomic mass is 16.3. The van der Waals surface area contributed by atoms with E-state index in [4.69, 9.17) is 0 Å². The maximum absolute atomic E-state index is 13.9. The third-order valence-electron chi connectivity index (χ3n) is 11.8. The van der Waals surface area contributed by atoms with Crippen LogP contribution < -0.4 is 0 Å². The number of aliphatic hydroxyl groups excluding tert-OH is 2. The molecule has 33 heavy (non-hydrogen) atoms. The van der Waals surface area contributed by atoms with E-state index < -0.39 is 6.10 Å². The Labute approximate surface area is 199 Å². The second kappa shape index (κ2) is 6.25. The Kier molecular flexibility index (Phi) is 4.19. The first kappa shape index (κ1) is 22.1. The molecule has 3 fully saturated rings. The molecule has 0 aliphatic heterocycles. The molecule has 3 heteroatoms. The van der Waals surface area contributed by atoms with Crippen molar-refractivity contribution < 1.29 is 15.0 Å². The largest absolute Gasteiger partial charge is 0.504 e. The fraction of sp³-hybridized carbons (Fsp3) is 0.767. The van der Waals surface area contributed by atoms with Gasteiger partial charge in [0.05, 0.1) is 6.10 Å². The van der Waals surface area contributed by atoms with Gasteiger partial charge in [0.1, 0.15) is 0 Å². The molecular formula is C30H42O3. The molecule has 0 aromatic rings. The van der Waals surface area contributed by atoms with E-state index in [2.05, 4.69) is 48.5 Å². The Balaban J connectivity index is 1.64. The first-order valence-corrected chi connectivity index (χ1v) is 13.5. The molecular weight excluding hydrogens is 408 g/mol. The van der Waals surface area contributed by atoms with Gasteiger partial charge >= 0.3 is 0 Å². The number of aliphatic hydroxyl groups is 2. The number of Topliss-reactive ketones (excluding diaryl/α,β-unsaturated/α-hetero) is 1. The molecule has 0 heterocycles. The van der Waals surface area contributed by atoms with Crippen molar-refractivity contribution >= 4 is 5.78 Å². The van der Waals surface area contributed by atoms with Crippen molar-refractivity contribution in [3.8, 4) is 0 Å². The van der Waals surface area contributed by atoms with E-state index in [-0.39, 0.29) is 33.7 Å². The van der Waals surface area contributed by atoms with Gasteiger partial charge in [-0.05, 0) is 89.7 Å². The Morgan fingerprint density at radius 2 is 1.64 bits per heavy atom. The molecule has 6 atom stereocenters. The fourth-order valence-corrected chi connectivity index (χ4v) is 10.0. The topological polar surface area (TPSA) is 57.5 Å². The highest BCUT2D eigenvalue weighted by molar-refractivity contribution is 6.12. The first-order valence-electron chi connectivity index (χ1n) is 13.5. The van der Waals surface area contributed by atoms with E-state index in [1.807, 2.05) is 0 Å². The zero-order valence-corrected chi connectivity index (χ0v) is 21.6. The molecule has 0 bridgehead atoms. The van der Waals surface area contributed by atoms with Crippen LogP contribution in [-0.2, 0) is 4.79 Å². The van der Waals surface area contributed by atoms with Crippen LogP contribution in [0.15, 0.2) is 33.6 Å². The van der Waals surface area contributed by atoms with Gasteiger partial charge in [-0.15, -0.1) is 0 Å². The van der Waals surface area contributed by atoms with E-state index in [0.717, 1.165) is 60.8 Å². The molecule has 3 saturated carbocycles. The SMILES string of the molecule is CC(C)C1=C2C3=C(CC4C(C)(C)CCCC4(C)C3=C(O)C1=O)C(O)C21CCC2(C(C)C)CC21. The number of allylic oxidation sites excluding steroid dienone is 3. The molecule has 6 rings (SSSR count). The van der Waals surface area contributed by atoms with Gasteiger partial charge in [-0.25, -0.2) is 0 Å². The van der Waals surface area contributed by atoms with Gasteiger partial charge in [0, 0.05) is 22.0 Å². The summed E-state index contributed by atoms with van der Waals surface area (Å²) in [4.78, 5) is 13.9. The molecule has 3 nitrogen and oxygen atoms in total. The van der Waals surface area contributed by atoms with Crippen LogP contribution in [0.1, 0.15) is 93.4 Å². The van der Waals surface area contributed by atoms with Crippen LogP contribution in [0.2, 0.25) is 0 Å². The van der Waals surface area contributed by atoms with Gasteiger partial charge in [-0.1, -0.05) is 54.9 Å². The quantitative estimate of drug-likeness (QED) is 0.493. The summed E-state index contributed by atoms with van der Waals surface area (Å²) in [7, 11) is 0. The van der Waals surface area contributed by atoms with Crippen molar-refractivity contribution in [2.24, 2.45) is 45.3 Å². The zero-order chi connectivity index (χ0) is 23.9. The van der Waals surface area contributed by atoms with Crippen molar-refractivity contribution in [3.63, 3.8) is 0 Å². The number of rotatable bonds is 2. The molecule has 6 aliphatic carbocycles. The number of hydrogen-bond donors (Lipinski definition) is 2. The van der Waals surface area contributed by atoms with Crippen LogP contribution in [0.5, 0.6) is 0 Å². The van der Waals surface area contributed by atoms with Crippen molar-refractivity contribution in [2.45, 2.75) is 99.5 Å². The lowest BCUT2D eigenvalue weighted by Crippen LogP contribution is -2.47. The van der Waals surface area contributed by atoms with Gasteiger partial charge in [-0.3, -0.25) is 4.79 Å². The Morgan fingerprint density at radius 3 is 2.21 bits per heavy atom. The summed E-state index contributed by atoms with van der Waals surface area (Å²) in [5.74, 6) is 1.26. The van der Waals surface area contributed by atoms with E-state index in [1.54, 1.807) is 0 Å². The zero-order valence-electron chi connectivity index (χ0n) is 21.6. The van der Waals surface area contributed by atoms with E-state index in [0.29, 0.717) is 23.2 Å². The maximum Gasteiger partial charge on any atom is 0.224 e. The van der Waals surface area contributed by atoms with Gasteiger partial charge in [0.25, 0.3) is 0 Å². The summed E-state index contributed by atoms with van der Waals surface area (Å²) in [6.45, 7) is 15.9. The van der Waals surface area contributed by atoms with Crippen molar-refractivity contribution in [1.29, 1.82) is 0 Å². The smallest absolute Gasteiger partial charge is 0.224 e. The predicted molar refractivity (Wildman–Crippen MR) is 130 cm³/mol. The summed E-state index contributed by atoms with van der Waals surface area (Å²) in [5, 5.41) is 23.8. The Morgan fingerprint density at radius 1 is 0.939 bits per heavy atom. The van der Waals surface area contributed by atoms with Crippen LogP contribution in [-0.4, -0.2) is 22.1 Å². The van der Waals surface area contributed by atoms with Crippen LogP contribution in [0, 0.1) is 45.3 Å². The number of ketones is 1. The highest BCUT2D eigenvalue weighted by Gasteiger charge is 2.76. The first-order chi connectivity index (χ1) is 15.3. The summed E-state index contributed by atoms with van der Waals surface area (Å²) >= 11 is 0. The molecule has 0 aromatic heterocycles. The summed E-state index contributed by atoms with van der Waals surface area (Å²) in [5.41, 5.74) is 5.05. The molecule has 2 N–H and O–H groups in total. The predicted octanol–water partition coefficient (Wildman–Crippen LogP) is 6.68. The maximum atomic E-state index is 13.9. The van der Waals surface area contributed by atoms with E-state index in [9.17, 15) is 15.0 Å². The van der Waals surface area contributed by atoms with Crippen molar-refractivity contribution in [1.82, 2.24) is 0 Å². The van der Waals surface area contributed by atoms with Crippen LogP contribution >= 0.6 is 0 Å². The number of carbonyl (C=O) groups is 1. The lowest BCUT2D eigenvalue weighted by molar-refractivity contribution is -0.115. The normalized spacial score (nSPS) is 45.4. The average molecular weight is 451 g/mol. The molecule has 1 spiro atoms. The monoisotopic (exact) mass is 450 g/mol. The van der Waals surface area contributed by atoms with E-state index >= 15 is 0 Å². The third kappa shape index (κ3) is 2.30. The molecule has 0 radical (unpaired) electrons. The molecule has 0 amide bonds. The number of carbonyl (C=O) groups excluding carboxylic acids is 1. The van der Waals surface area contributed by atoms with Gasteiger partial charge in [0.2, 0.25) is 5.78 Å². The summed E-state index contributed by atoms with van der Waals surface area (Å²) in [6.07, 6.45) is 6.98. The second-order valence-electron chi connectivity index (χ2n) is 14.0. The Bertz CT molecular complexity index is 1070. The van der Waals surface area contributed by atoms with Crippen molar-refractivity contribution in [2.75, 3.05) is 0 Å². The second-order valence-corrected chi connectivity index (χ2v) is 14.0. The molecule has 0 saturated heterocycles.